The van der Waals surface area contributed by atoms with Gasteiger partial charge in [-0.1, -0.05) is 41.9 Å². The zero-order chi connectivity index (χ0) is 17.5. The van der Waals surface area contributed by atoms with Crippen LogP contribution in [0.25, 0.3) is 0 Å². The second-order valence-corrected chi connectivity index (χ2v) is 5.94. The summed E-state index contributed by atoms with van der Waals surface area (Å²) in [5, 5.41) is 9.56. The van der Waals surface area contributed by atoms with Crippen LogP contribution in [-0.2, 0) is 6.54 Å². The predicted octanol–water partition coefficient (Wildman–Crippen LogP) is 5.41. The lowest BCUT2D eigenvalue weighted by Crippen LogP contribution is -2.28. The van der Waals surface area contributed by atoms with Crippen molar-refractivity contribution in [3.05, 3.63) is 89.4 Å². The van der Waals surface area contributed by atoms with E-state index in [0.717, 1.165) is 22.6 Å². The molecule has 5 heteroatoms. The van der Waals surface area contributed by atoms with E-state index in [4.69, 9.17) is 11.6 Å². The molecule has 0 aliphatic rings. The quantitative estimate of drug-likeness (QED) is 0.576. The Bertz CT molecular complexity index is 835. The molecule has 126 valence electrons. The number of urea groups is 1. The van der Waals surface area contributed by atoms with Gasteiger partial charge in [0.05, 0.1) is 0 Å². The van der Waals surface area contributed by atoms with Crippen LogP contribution in [0.5, 0.6) is 0 Å². The van der Waals surface area contributed by atoms with E-state index in [1.165, 1.54) is 0 Å². The Morgan fingerprint density at radius 1 is 0.800 bits per heavy atom. The highest BCUT2D eigenvalue weighted by Crippen LogP contribution is 2.18. The van der Waals surface area contributed by atoms with Gasteiger partial charge in [0, 0.05) is 28.6 Å². The van der Waals surface area contributed by atoms with E-state index in [-0.39, 0.29) is 6.03 Å². The lowest BCUT2D eigenvalue weighted by atomic mass is 10.2. The number of anilines is 3. The molecule has 3 N–H and O–H groups in total. The molecule has 0 spiro atoms. The first-order valence-corrected chi connectivity index (χ1v) is 8.28. The first-order valence-electron chi connectivity index (χ1n) is 7.90. The fourth-order valence-electron chi connectivity index (χ4n) is 2.33. The Morgan fingerprint density at radius 2 is 1.48 bits per heavy atom. The maximum atomic E-state index is 12.0. The summed E-state index contributed by atoms with van der Waals surface area (Å²) in [5.41, 5.74) is 3.64. The van der Waals surface area contributed by atoms with Gasteiger partial charge < -0.3 is 16.0 Å². The molecule has 0 saturated carbocycles. The van der Waals surface area contributed by atoms with E-state index in [1.54, 1.807) is 6.07 Å². The van der Waals surface area contributed by atoms with Crippen molar-refractivity contribution >= 4 is 34.7 Å². The zero-order valence-electron chi connectivity index (χ0n) is 13.5. The third-order valence-corrected chi connectivity index (χ3v) is 3.78. The van der Waals surface area contributed by atoms with Gasteiger partial charge in [-0.25, -0.2) is 4.79 Å². The summed E-state index contributed by atoms with van der Waals surface area (Å²) in [6.45, 7) is 0.417. The van der Waals surface area contributed by atoms with Crippen LogP contribution >= 0.6 is 11.6 Å². The van der Waals surface area contributed by atoms with Gasteiger partial charge >= 0.3 is 6.03 Å². The van der Waals surface area contributed by atoms with Crippen molar-refractivity contribution in [2.75, 3.05) is 10.6 Å². The van der Waals surface area contributed by atoms with Crippen LogP contribution in [0.3, 0.4) is 0 Å². The third-order valence-electron chi connectivity index (χ3n) is 3.55. The van der Waals surface area contributed by atoms with Crippen molar-refractivity contribution in [1.29, 1.82) is 0 Å². The summed E-state index contributed by atoms with van der Waals surface area (Å²) in [4.78, 5) is 12.0. The van der Waals surface area contributed by atoms with Gasteiger partial charge in [-0.2, -0.15) is 0 Å². The monoisotopic (exact) mass is 351 g/mol. The number of amides is 2. The summed E-state index contributed by atoms with van der Waals surface area (Å²) in [6, 6.07) is 24.6. The van der Waals surface area contributed by atoms with Crippen LogP contribution in [0.15, 0.2) is 78.9 Å². The molecule has 0 radical (unpaired) electrons. The second-order valence-electron chi connectivity index (χ2n) is 5.51. The number of halogens is 1. The van der Waals surface area contributed by atoms with E-state index in [1.807, 2.05) is 72.8 Å². The summed E-state index contributed by atoms with van der Waals surface area (Å²) < 4.78 is 0. The number of carbonyl (C=O) groups excluding carboxylic acids is 1. The van der Waals surface area contributed by atoms with Crippen LogP contribution in [0.4, 0.5) is 21.9 Å². The molecule has 3 aromatic carbocycles. The first kappa shape index (κ1) is 16.9. The highest BCUT2D eigenvalue weighted by atomic mass is 35.5. The largest absolute Gasteiger partial charge is 0.356 e. The van der Waals surface area contributed by atoms with Gasteiger partial charge in [0.15, 0.2) is 0 Å². The van der Waals surface area contributed by atoms with Gasteiger partial charge in [-0.15, -0.1) is 0 Å². The molecule has 3 rings (SSSR count). The van der Waals surface area contributed by atoms with Crippen LogP contribution in [0, 0.1) is 0 Å². The smallest absolute Gasteiger partial charge is 0.319 e. The zero-order valence-corrected chi connectivity index (χ0v) is 14.3. The number of hydrogen-bond donors (Lipinski definition) is 3. The maximum absolute atomic E-state index is 12.0. The molecule has 0 unspecified atom stereocenters. The van der Waals surface area contributed by atoms with Crippen molar-refractivity contribution in [2.24, 2.45) is 0 Å². The van der Waals surface area contributed by atoms with Gasteiger partial charge in [-0.3, -0.25) is 0 Å². The fraction of sp³-hybridized carbons (Fsp3) is 0.0500. The number of para-hydroxylation sites is 1. The normalized spacial score (nSPS) is 10.1. The average Bonchev–Trinajstić information content (AvgIpc) is 2.63. The van der Waals surface area contributed by atoms with Gasteiger partial charge in [-0.05, 0) is 54.1 Å². The fourth-order valence-corrected chi connectivity index (χ4v) is 2.54. The summed E-state index contributed by atoms with van der Waals surface area (Å²) in [6.07, 6.45) is 0. The lowest BCUT2D eigenvalue weighted by Gasteiger charge is -2.10. The Hall–Kier alpha value is -2.98. The highest BCUT2D eigenvalue weighted by Gasteiger charge is 2.02. The van der Waals surface area contributed by atoms with Crippen LogP contribution in [0.2, 0.25) is 5.02 Å². The summed E-state index contributed by atoms with van der Waals surface area (Å²) >= 11 is 5.93. The van der Waals surface area contributed by atoms with Gasteiger partial charge in [0.1, 0.15) is 0 Å². The molecule has 0 aliphatic carbocycles. The number of rotatable bonds is 5. The first-order chi connectivity index (χ1) is 12.2. The highest BCUT2D eigenvalue weighted by molar-refractivity contribution is 6.30. The molecule has 25 heavy (non-hydrogen) atoms. The molecule has 0 saturated heterocycles. The van der Waals surface area contributed by atoms with E-state index in [0.29, 0.717) is 11.6 Å². The number of hydrogen-bond acceptors (Lipinski definition) is 2. The third kappa shape index (κ3) is 5.26. The van der Waals surface area contributed by atoms with Crippen molar-refractivity contribution in [3.63, 3.8) is 0 Å². The Balaban J connectivity index is 1.51. The molecule has 0 fully saturated rings. The number of benzene rings is 3. The van der Waals surface area contributed by atoms with Crippen molar-refractivity contribution in [1.82, 2.24) is 5.32 Å². The van der Waals surface area contributed by atoms with Crippen molar-refractivity contribution in [3.8, 4) is 0 Å². The lowest BCUT2D eigenvalue weighted by molar-refractivity contribution is 0.251. The van der Waals surface area contributed by atoms with Crippen molar-refractivity contribution in [2.45, 2.75) is 6.54 Å². The van der Waals surface area contributed by atoms with Gasteiger partial charge in [0.2, 0.25) is 0 Å². The molecule has 0 heterocycles. The van der Waals surface area contributed by atoms with Gasteiger partial charge in [0.25, 0.3) is 0 Å². The van der Waals surface area contributed by atoms with Crippen LogP contribution in [0.1, 0.15) is 5.56 Å². The van der Waals surface area contributed by atoms with Crippen molar-refractivity contribution < 1.29 is 4.79 Å². The topological polar surface area (TPSA) is 53.2 Å². The minimum atomic E-state index is -0.260. The SMILES string of the molecule is O=C(NCc1cccc(Cl)c1)Nc1ccc(Nc2ccccc2)cc1. The summed E-state index contributed by atoms with van der Waals surface area (Å²) in [7, 11) is 0. The van der Waals surface area contributed by atoms with E-state index < -0.39 is 0 Å². The minimum absolute atomic E-state index is 0.260. The van der Waals surface area contributed by atoms with Crippen LogP contribution in [-0.4, -0.2) is 6.03 Å². The maximum Gasteiger partial charge on any atom is 0.319 e. The standard InChI is InChI=1S/C20H18ClN3O/c21-16-6-4-5-15(13-16)14-22-20(25)24-19-11-9-18(10-12-19)23-17-7-2-1-3-8-17/h1-13,23H,14H2,(H2,22,24,25). The predicted molar refractivity (Wildman–Crippen MR) is 103 cm³/mol. The molecule has 2 amide bonds. The Morgan fingerprint density at radius 3 is 2.20 bits per heavy atom. The van der Waals surface area contributed by atoms with E-state index in [9.17, 15) is 4.79 Å². The summed E-state index contributed by atoms with van der Waals surface area (Å²) in [5.74, 6) is 0. The molecule has 3 aromatic rings. The molecular formula is C20H18ClN3O. The van der Waals surface area contributed by atoms with Crippen LogP contribution < -0.4 is 16.0 Å². The Labute approximate surface area is 151 Å². The molecular weight excluding hydrogens is 334 g/mol. The number of nitrogens with one attached hydrogen (secondary N) is 3. The number of carbonyl (C=O) groups is 1. The second kappa shape index (κ2) is 8.22. The van der Waals surface area contributed by atoms with E-state index in [2.05, 4.69) is 16.0 Å². The molecule has 4 nitrogen and oxygen atoms in total. The minimum Gasteiger partial charge on any atom is -0.356 e. The molecule has 0 aliphatic heterocycles. The average molecular weight is 352 g/mol. The molecule has 0 aromatic heterocycles. The Kier molecular flexibility index (Phi) is 5.54. The molecule has 0 atom stereocenters. The van der Waals surface area contributed by atoms with E-state index >= 15 is 0 Å². The molecule has 0 bridgehead atoms.